The average Bonchev–Trinajstić information content (AvgIpc) is 3.11. The Labute approximate surface area is 157 Å². The van der Waals surface area contributed by atoms with E-state index in [1.165, 1.54) is 10.9 Å². The summed E-state index contributed by atoms with van der Waals surface area (Å²) in [6.45, 7) is 5.23. The van der Waals surface area contributed by atoms with E-state index in [1.54, 1.807) is 6.07 Å². The van der Waals surface area contributed by atoms with E-state index in [-0.39, 0.29) is 5.91 Å². The standard InChI is InChI=1S/C20H23N5O2/c1-14-12-18(24-20(23-14)25-8-10-27-11-9-25)19(26)21-7-6-15-13-22-17-5-3-2-4-16(15)17/h2-5,12-13,22H,6-11H2,1H3,(H,21,26). The van der Waals surface area contributed by atoms with Gasteiger partial charge in [0.05, 0.1) is 13.2 Å². The van der Waals surface area contributed by atoms with Crippen molar-refractivity contribution < 1.29 is 9.53 Å². The van der Waals surface area contributed by atoms with Crippen LogP contribution in [-0.4, -0.2) is 53.7 Å². The van der Waals surface area contributed by atoms with Gasteiger partial charge in [-0.05, 0) is 31.0 Å². The molecule has 0 saturated carbocycles. The molecule has 0 spiro atoms. The Morgan fingerprint density at radius 2 is 2.07 bits per heavy atom. The molecular formula is C20H23N5O2. The first-order valence-corrected chi connectivity index (χ1v) is 9.22. The number of aromatic nitrogens is 3. The van der Waals surface area contributed by atoms with Gasteiger partial charge in [-0.3, -0.25) is 4.79 Å². The third-order valence-corrected chi connectivity index (χ3v) is 4.72. The van der Waals surface area contributed by atoms with Crippen LogP contribution in [0, 0.1) is 6.92 Å². The number of fused-ring (bicyclic) bond motifs is 1. The van der Waals surface area contributed by atoms with Gasteiger partial charge >= 0.3 is 0 Å². The highest BCUT2D eigenvalue weighted by molar-refractivity contribution is 5.92. The Morgan fingerprint density at radius 3 is 2.93 bits per heavy atom. The maximum absolute atomic E-state index is 12.6. The van der Waals surface area contributed by atoms with Crippen molar-refractivity contribution in [2.24, 2.45) is 0 Å². The number of carbonyl (C=O) groups is 1. The van der Waals surface area contributed by atoms with Crippen LogP contribution in [0.5, 0.6) is 0 Å². The predicted molar refractivity (Wildman–Crippen MR) is 104 cm³/mol. The first-order valence-electron chi connectivity index (χ1n) is 9.22. The second kappa shape index (κ2) is 7.75. The van der Waals surface area contributed by atoms with Gasteiger partial charge in [-0.1, -0.05) is 18.2 Å². The lowest BCUT2D eigenvalue weighted by molar-refractivity contribution is 0.0948. The first-order chi connectivity index (χ1) is 13.2. The maximum atomic E-state index is 12.6. The fourth-order valence-electron chi connectivity index (χ4n) is 3.31. The second-order valence-corrected chi connectivity index (χ2v) is 6.66. The van der Waals surface area contributed by atoms with Gasteiger partial charge < -0.3 is 19.9 Å². The summed E-state index contributed by atoms with van der Waals surface area (Å²) in [6, 6.07) is 9.90. The van der Waals surface area contributed by atoms with Gasteiger partial charge in [-0.2, -0.15) is 0 Å². The molecule has 1 aromatic carbocycles. The Bertz CT molecular complexity index is 946. The summed E-state index contributed by atoms with van der Waals surface area (Å²) in [5, 5.41) is 4.17. The summed E-state index contributed by atoms with van der Waals surface area (Å²) in [4.78, 5) is 26.8. The summed E-state index contributed by atoms with van der Waals surface area (Å²) in [5.74, 6) is 0.426. The molecule has 0 bridgehead atoms. The molecule has 2 aromatic heterocycles. The molecule has 1 amide bonds. The third-order valence-electron chi connectivity index (χ3n) is 4.72. The number of hydrogen-bond acceptors (Lipinski definition) is 5. The van der Waals surface area contributed by atoms with Crippen LogP contribution in [0.3, 0.4) is 0 Å². The predicted octanol–water partition coefficient (Wildman–Crippen LogP) is 2.08. The zero-order valence-corrected chi connectivity index (χ0v) is 15.4. The van der Waals surface area contributed by atoms with Crippen LogP contribution in [-0.2, 0) is 11.2 Å². The minimum atomic E-state index is -0.171. The van der Waals surface area contributed by atoms with Crippen LogP contribution in [0.2, 0.25) is 0 Å². The molecule has 7 nitrogen and oxygen atoms in total. The molecule has 140 valence electrons. The van der Waals surface area contributed by atoms with E-state index < -0.39 is 0 Å². The van der Waals surface area contributed by atoms with Crippen molar-refractivity contribution in [1.82, 2.24) is 20.3 Å². The number of amides is 1. The normalized spacial score (nSPS) is 14.5. The van der Waals surface area contributed by atoms with Gasteiger partial charge in [0.2, 0.25) is 5.95 Å². The van der Waals surface area contributed by atoms with Crippen LogP contribution in [0.15, 0.2) is 36.5 Å². The lowest BCUT2D eigenvalue weighted by Crippen LogP contribution is -2.38. The molecule has 4 rings (SSSR count). The van der Waals surface area contributed by atoms with Gasteiger partial charge in [0.25, 0.3) is 5.91 Å². The van der Waals surface area contributed by atoms with Crippen molar-refractivity contribution in [3.63, 3.8) is 0 Å². The lowest BCUT2D eigenvalue weighted by Gasteiger charge is -2.27. The summed E-state index contributed by atoms with van der Waals surface area (Å²) < 4.78 is 5.37. The average molecular weight is 365 g/mol. The van der Waals surface area contributed by atoms with Crippen molar-refractivity contribution in [1.29, 1.82) is 0 Å². The number of H-pyrrole nitrogens is 1. The molecule has 1 aliphatic rings. The number of morpholine rings is 1. The molecule has 7 heteroatoms. The molecular weight excluding hydrogens is 342 g/mol. The highest BCUT2D eigenvalue weighted by atomic mass is 16.5. The van der Waals surface area contributed by atoms with Gasteiger partial charge in [0.15, 0.2) is 0 Å². The molecule has 1 saturated heterocycles. The van der Waals surface area contributed by atoms with E-state index in [2.05, 4.69) is 31.2 Å². The molecule has 3 heterocycles. The van der Waals surface area contributed by atoms with E-state index >= 15 is 0 Å². The summed E-state index contributed by atoms with van der Waals surface area (Å²) in [7, 11) is 0. The number of benzene rings is 1. The minimum Gasteiger partial charge on any atom is -0.378 e. The molecule has 3 aromatic rings. The van der Waals surface area contributed by atoms with Crippen molar-refractivity contribution in [2.45, 2.75) is 13.3 Å². The third kappa shape index (κ3) is 3.93. The highest BCUT2D eigenvalue weighted by Gasteiger charge is 2.17. The fraction of sp³-hybridized carbons (Fsp3) is 0.350. The number of nitrogens with zero attached hydrogens (tertiary/aromatic N) is 3. The lowest BCUT2D eigenvalue weighted by atomic mass is 10.1. The summed E-state index contributed by atoms with van der Waals surface area (Å²) >= 11 is 0. The number of aromatic amines is 1. The molecule has 27 heavy (non-hydrogen) atoms. The van der Waals surface area contributed by atoms with Crippen LogP contribution in [0.1, 0.15) is 21.7 Å². The zero-order chi connectivity index (χ0) is 18.6. The van der Waals surface area contributed by atoms with Crippen LogP contribution in [0.4, 0.5) is 5.95 Å². The van der Waals surface area contributed by atoms with E-state index in [0.717, 1.165) is 30.7 Å². The Kier molecular flexibility index (Phi) is 5.02. The SMILES string of the molecule is Cc1cc(C(=O)NCCc2c[nH]c3ccccc23)nc(N2CCOCC2)n1. The van der Waals surface area contributed by atoms with Crippen molar-refractivity contribution in [3.05, 3.63) is 53.5 Å². The molecule has 0 aliphatic carbocycles. The maximum Gasteiger partial charge on any atom is 0.270 e. The molecule has 0 radical (unpaired) electrons. The van der Waals surface area contributed by atoms with Crippen LogP contribution in [0.25, 0.3) is 10.9 Å². The van der Waals surface area contributed by atoms with Crippen LogP contribution >= 0.6 is 0 Å². The molecule has 1 fully saturated rings. The van der Waals surface area contributed by atoms with E-state index in [4.69, 9.17) is 4.74 Å². The first kappa shape index (κ1) is 17.5. The Hall–Kier alpha value is -2.93. The number of para-hydroxylation sites is 1. The summed E-state index contributed by atoms with van der Waals surface area (Å²) in [5.41, 5.74) is 3.50. The van der Waals surface area contributed by atoms with Crippen LogP contribution < -0.4 is 10.2 Å². The molecule has 0 unspecified atom stereocenters. The number of hydrogen-bond donors (Lipinski definition) is 2. The number of ether oxygens (including phenoxy) is 1. The monoisotopic (exact) mass is 365 g/mol. The minimum absolute atomic E-state index is 0.171. The highest BCUT2D eigenvalue weighted by Crippen LogP contribution is 2.18. The second-order valence-electron chi connectivity index (χ2n) is 6.66. The Morgan fingerprint density at radius 1 is 1.26 bits per heavy atom. The van der Waals surface area contributed by atoms with Crippen molar-refractivity contribution >= 4 is 22.8 Å². The number of rotatable bonds is 5. The number of aryl methyl sites for hydroxylation is 1. The van der Waals surface area contributed by atoms with Gasteiger partial charge in [0, 0.05) is 42.4 Å². The number of anilines is 1. The van der Waals surface area contributed by atoms with E-state index in [0.29, 0.717) is 31.4 Å². The zero-order valence-electron chi connectivity index (χ0n) is 15.4. The van der Waals surface area contributed by atoms with E-state index in [9.17, 15) is 4.79 Å². The largest absolute Gasteiger partial charge is 0.378 e. The molecule has 2 N–H and O–H groups in total. The van der Waals surface area contributed by atoms with Crippen molar-refractivity contribution in [2.75, 3.05) is 37.7 Å². The topological polar surface area (TPSA) is 83.1 Å². The molecule has 0 atom stereocenters. The van der Waals surface area contributed by atoms with Crippen molar-refractivity contribution in [3.8, 4) is 0 Å². The molecule has 1 aliphatic heterocycles. The summed E-state index contributed by atoms with van der Waals surface area (Å²) in [6.07, 6.45) is 2.76. The van der Waals surface area contributed by atoms with Gasteiger partial charge in [-0.15, -0.1) is 0 Å². The smallest absolute Gasteiger partial charge is 0.270 e. The fourth-order valence-corrected chi connectivity index (χ4v) is 3.31. The quantitative estimate of drug-likeness (QED) is 0.723. The van der Waals surface area contributed by atoms with E-state index in [1.807, 2.05) is 31.3 Å². The van der Waals surface area contributed by atoms with Gasteiger partial charge in [-0.25, -0.2) is 9.97 Å². The number of carbonyl (C=O) groups excluding carboxylic acids is 1. The number of nitrogens with one attached hydrogen (secondary N) is 2. The van der Waals surface area contributed by atoms with Gasteiger partial charge in [0.1, 0.15) is 5.69 Å². The Balaban J connectivity index is 1.41.